The fraction of sp³-hybridized carbons (Fsp3) is 0.267. The maximum absolute atomic E-state index is 11.9. The molecular weight excluding hydrogens is 322 g/mol. The van der Waals surface area contributed by atoms with E-state index in [1.807, 2.05) is 0 Å². The second-order valence-corrected chi connectivity index (χ2v) is 5.48. The van der Waals surface area contributed by atoms with Gasteiger partial charge in [0.1, 0.15) is 5.78 Å². The van der Waals surface area contributed by atoms with E-state index in [2.05, 4.69) is 15.9 Å². The van der Waals surface area contributed by atoms with Gasteiger partial charge in [-0.15, -0.1) is 0 Å². The van der Waals surface area contributed by atoms with Gasteiger partial charge in [0.25, 0.3) is 0 Å². The molecule has 1 aliphatic rings. The van der Waals surface area contributed by atoms with Crippen LogP contribution in [0.15, 0.2) is 40.9 Å². The molecule has 1 aromatic rings. The van der Waals surface area contributed by atoms with Crippen LogP contribution < -0.4 is 0 Å². The topological polar surface area (TPSA) is 54.5 Å². The van der Waals surface area contributed by atoms with E-state index in [1.165, 1.54) is 12.2 Å². The molecule has 0 aromatic heterocycles. The zero-order chi connectivity index (χ0) is 14.5. The van der Waals surface area contributed by atoms with Crippen molar-refractivity contribution in [1.29, 1.82) is 0 Å². The number of carbonyl (C=O) groups excluding carboxylic acids is 3. The van der Waals surface area contributed by atoms with Crippen molar-refractivity contribution in [2.24, 2.45) is 0 Å². The van der Waals surface area contributed by atoms with E-state index >= 15 is 0 Å². The summed E-state index contributed by atoms with van der Waals surface area (Å²) in [5.41, 5.74) is 0.533. The van der Waals surface area contributed by atoms with Crippen molar-refractivity contribution < 1.29 is 14.4 Å². The largest absolute Gasteiger partial charge is 0.338 e. The van der Waals surface area contributed by atoms with Crippen molar-refractivity contribution in [2.75, 3.05) is 13.1 Å². The van der Waals surface area contributed by atoms with Crippen molar-refractivity contribution in [1.82, 2.24) is 4.90 Å². The second-order valence-electron chi connectivity index (χ2n) is 4.57. The first-order chi connectivity index (χ1) is 9.56. The highest BCUT2D eigenvalue weighted by Crippen LogP contribution is 2.11. The van der Waals surface area contributed by atoms with Crippen molar-refractivity contribution in [3.05, 3.63) is 46.5 Å². The summed E-state index contributed by atoms with van der Waals surface area (Å²) in [5, 5.41) is 0. The Morgan fingerprint density at radius 3 is 2.25 bits per heavy atom. The third kappa shape index (κ3) is 3.87. The van der Waals surface area contributed by atoms with Crippen molar-refractivity contribution in [2.45, 2.75) is 12.8 Å². The quantitative estimate of drug-likeness (QED) is 0.629. The van der Waals surface area contributed by atoms with Gasteiger partial charge < -0.3 is 4.90 Å². The van der Waals surface area contributed by atoms with E-state index in [0.717, 1.165) is 4.47 Å². The van der Waals surface area contributed by atoms with E-state index in [4.69, 9.17) is 0 Å². The molecule has 4 nitrogen and oxygen atoms in total. The SMILES string of the molecule is O=C1CCN(C(=O)/C=C/C(=O)c2ccc(Br)cc2)CC1. The molecule has 1 heterocycles. The minimum atomic E-state index is -0.219. The first-order valence-corrected chi connectivity index (χ1v) is 7.14. The summed E-state index contributed by atoms with van der Waals surface area (Å²) < 4.78 is 0.895. The number of benzene rings is 1. The molecule has 0 aliphatic carbocycles. The zero-order valence-electron chi connectivity index (χ0n) is 10.8. The Morgan fingerprint density at radius 2 is 1.65 bits per heavy atom. The minimum absolute atomic E-state index is 0.184. The maximum atomic E-state index is 11.9. The Morgan fingerprint density at radius 1 is 1.05 bits per heavy atom. The predicted molar refractivity (Wildman–Crippen MR) is 78.4 cm³/mol. The number of hydrogen-bond donors (Lipinski definition) is 0. The van der Waals surface area contributed by atoms with Gasteiger partial charge in [0, 0.05) is 42.0 Å². The number of halogens is 1. The summed E-state index contributed by atoms with van der Waals surface area (Å²) in [6.07, 6.45) is 3.36. The van der Waals surface area contributed by atoms with Crippen LogP contribution in [0.3, 0.4) is 0 Å². The van der Waals surface area contributed by atoms with Crippen LogP contribution in [0.5, 0.6) is 0 Å². The molecule has 0 bridgehead atoms. The Labute approximate surface area is 125 Å². The van der Waals surface area contributed by atoms with E-state index in [9.17, 15) is 14.4 Å². The molecule has 1 aliphatic heterocycles. The molecule has 104 valence electrons. The molecule has 0 spiro atoms. The molecule has 0 unspecified atom stereocenters. The van der Waals surface area contributed by atoms with Crippen LogP contribution in [-0.2, 0) is 9.59 Å². The number of allylic oxidation sites excluding steroid dienone is 1. The smallest absolute Gasteiger partial charge is 0.246 e. The standard InChI is InChI=1S/C15H14BrNO3/c16-12-3-1-11(2-4-12)14(19)5-6-15(20)17-9-7-13(18)8-10-17/h1-6H,7-10H2/b6-5+. The number of nitrogens with zero attached hydrogens (tertiary/aromatic N) is 1. The molecule has 1 amide bonds. The summed E-state index contributed by atoms with van der Waals surface area (Å²) in [4.78, 5) is 36.4. The average molecular weight is 336 g/mol. The van der Waals surface area contributed by atoms with Crippen LogP contribution in [0.4, 0.5) is 0 Å². The van der Waals surface area contributed by atoms with Gasteiger partial charge in [-0.25, -0.2) is 0 Å². The number of piperidine rings is 1. The number of rotatable bonds is 3. The van der Waals surface area contributed by atoms with E-state index in [1.54, 1.807) is 29.2 Å². The van der Waals surface area contributed by atoms with Gasteiger partial charge in [-0.05, 0) is 30.3 Å². The van der Waals surface area contributed by atoms with Crippen molar-refractivity contribution >= 4 is 33.4 Å². The Balaban J connectivity index is 1.95. The molecular formula is C15H14BrNO3. The fourth-order valence-corrected chi connectivity index (χ4v) is 2.20. The van der Waals surface area contributed by atoms with Gasteiger partial charge >= 0.3 is 0 Å². The molecule has 0 radical (unpaired) electrons. The van der Waals surface area contributed by atoms with Crippen LogP contribution in [0.1, 0.15) is 23.2 Å². The van der Waals surface area contributed by atoms with Gasteiger partial charge in [-0.1, -0.05) is 15.9 Å². The highest BCUT2D eigenvalue weighted by Gasteiger charge is 2.19. The molecule has 0 atom stereocenters. The third-order valence-corrected chi connectivity index (χ3v) is 3.67. The first-order valence-electron chi connectivity index (χ1n) is 6.35. The summed E-state index contributed by atoms with van der Waals surface area (Å²) >= 11 is 3.30. The van der Waals surface area contributed by atoms with E-state index in [0.29, 0.717) is 31.5 Å². The second kappa shape index (κ2) is 6.61. The van der Waals surface area contributed by atoms with Crippen LogP contribution >= 0.6 is 15.9 Å². The minimum Gasteiger partial charge on any atom is -0.338 e. The average Bonchev–Trinajstić information content (AvgIpc) is 2.46. The lowest BCUT2D eigenvalue weighted by atomic mass is 10.1. The predicted octanol–water partition coefficient (Wildman–Crippen LogP) is 2.38. The Bertz CT molecular complexity index is 553. The monoisotopic (exact) mass is 335 g/mol. The van der Waals surface area contributed by atoms with Crippen molar-refractivity contribution in [3.63, 3.8) is 0 Å². The number of ketones is 2. The number of carbonyl (C=O) groups is 3. The lowest BCUT2D eigenvalue weighted by Crippen LogP contribution is -2.37. The zero-order valence-corrected chi connectivity index (χ0v) is 12.4. The summed E-state index contributed by atoms with van der Waals surface area (Å²) in [6, 6.07) is 6.94. The number of amides is 1. The molecule has 1 saturated heterocycles. The summed E-state index contributed by atoms with van der Waals surface area (Å²) in [5.74, 6) is -0.245. The van der Waals surface area contributed by atoms with E-state index < -0.39 is 0 Å². The molecule has 0 saturated carbocycles. The van der Waals surface area contributed by atoms with Crippen LogP contribution in [0, 0.1) is 0 Å². The molecule has 1 fully saturated rings. The lowest BCUT2D eigenvalue weighted by molar-refractivity contribution is -0.130. The summed E-state index contributed by atoms with van der Waals surface area (Å²) in [6.45, 7) is 0.878. The van der Waals surface area contributed by atoms with Gasteiger partial charge in [0.15, 0.2) is 5.78 Å². The molecule has 2 rings (SSSR count). The number of Topliss-reactive ketones (excluding diaryl/α,β-unsaturated/α-hetero) is 1. The highest BCUT2D eigenvalue weighted by atomic mass is 79.9. The van der Waals surface area contributed by atoms with Crippen molar-refractivity contribution in [3.8, 4) is 0 Å². The van der Waals surface area contributed by atoms with E-state index in [-0.39, 0.29) is 17.5 Å². The lowest BCUT2D eigenvalue weighted by Gasteiger charge is -2.24. The molecule has 5 heteroatoms. The highest BCUT2D eigenvalue weighted by molar-refractivity contribution is 9.10. The number of likely N-dealkylation sites (tertiary alicyclic amines) is 1. The third-order valence-electron chi connectivity index (χ3n) is 3.14. The first kappa shape index (κ1) is 14.7. The Hall–Kier alpha value is -1.75. The van der Waals surface area contributed by atoms with Gasteiger partial charge in [0.05, 0.1) is 0 Å². The van der Waals surface area contributed by atoms with Gasteiger partial charge in [-0.3, -0.25) is 14.4 Å². The Kier molecular flexibility index (Phi) is 4.84. The fourth-order valence-electron chi connectivity index (χ4n) is 1.94. The van der Waals surface area contributed by atoms with Crippen LogP contribution in [-0.4, -0.2) is 35.5 Å². The summed E-state index contributed by atoms with van der Waals surface area (Å²) in [7, 11) is 0. The van der Waals surface area contributed by atoms with Gasteiger partial charge in [-0.2, -0.15) is 0 Å². The maximum Gasteiger partial charge on any atom is 0.246 e. The number of hydrogen-bond acceptors (Lipinski definition) is 3. The van der Waals surface area contributed by atoms with Crippen LogP contribution in [0.25, 0.3) is 0 Å². The van der Waals surface area contributed by atoms with Gasteiger partial charge in [0.2, 0.25) is 5.91 Å². The molecule has 1 aromatic carbocycles. The van der Waals surface area contributed by atoms with Crippen LogP contribution in [0.2, 0.25) is 0 Å². The molecule has 20 heavy (non-hydrogen) atoms. The molecule has 0 N–H and O–H groups in total. The normalized spacial score (nSPS) is 15.7.